The van der Waals surface area contributed by atoms with Gasteiger partial charge in [-0.25, -0.2) is 14.2 Å². The number of aryl methyl sites for hydroxylation is 1. The van der Waals surface area contributed by atoms with E-state index >= 15 is 0 Å². The van der Waals surface area contributed by atoms with Gasteiger partial charge in [0.1, 0.15) is 22.8 Å². The van der Waals surface area contributed by atoms with Crippen molar-refractivity contribution in [3.05, 3.63) is 71.5 Å². The summed E-state index contributed by atoms with van der Waals surface area (Å²) in [6.07, 6.45) is 0. The fourth-order valence-corrected chi connectivity index (χ4v) is 4.29. The Morgan fingerprint density at radius 1 is 1.09 bits per heavy atom. The van der Waals surface area contributed by atoms with Crippen LogP contribution in [0.15, 0.2) is 63.9 Å². The molecule has 4 aromatic rings. The number of carbonyl (C=O) groups is 1. The normalized spacial score (nSPS) is 10.9. The van der Waals surface area contributed by atoms with E-state index in [9.17, 15) is 9.18 Å². The smallest absolute Gasteiger partial charge is 0.343 e. The minimum atomic E-state index is -0.451. The number of rotatable bonds is 8. The van der Waals surface area contributed by atoms with Crippen LogP contribution in [0.1, 0.15) is 11.1 Å². The fraction of sp³-hybridized carbons (Fsp3) is 0.200. The third-order valence-electron chi connectivity index (χ3n) is 4.98. The number of nitrogens with zero attached hydrogens (tertiary/aromatic N) is 1. The van der Waals surface area contributed by atoms with Crippen LogP contribution < -0.4 is 9.47 Å². The predicted octanol–water partition coefficient (Wildman–Crippen LogP) is 5.80. The molecule has 0 amide bonds. The van der Waals surface area contributed by atoms with Crippen molar-refractivity contribution >= 4 is 28.8 Å². The Labute approximate surface area is 194 Å². The molecular weight excluding hydrogens is 445 g/mol. The SMILES string of the molecule is COC(=O)COc1cc(OC)c(SCc2ccc3oc(-c4ccccc4F)nc3c2)cc1C. The van der Waals surface area contributed by atoms with Crippen molar-refractivity contribution in [1.29, 1.82) is 0 Å². The molecule has 6 nitrogen and oxygen atoms in total. The molecule has 0 radical (unpaired) electrons. The van der Waals surface area contributed by atoms with Gasteiger partial charge in [-0.3, -0.25) is 0 Å². The van der Waals surface area contributed by atoms with E-state index < -0.39 is 5.97 Å². The maximum Gasteiger partial charge on any atom is 0.343 e. The molecule has 8 heteroatoms. The summed E-state index contributed by atoms with van der Waals surface area (Å²) in [5.41, 5.74) is 3.51. The topological polar surface area (TPSA) is 70.8 Å². The average molecular weight is 468 g/mol. The largest absolute Gasteiger partial charge is 0.495 e. The molecule has 0 saturated carbocycles. The van der Waals surface area contributed by atoms with Crippen molar-refractivity contribution < 1.29 is 27.8 Å². The molecule has 0 unspecified atom stereocenters. The van der Waals surface area contributed by atoms with Gasteiger partial charge in [-0.05, 0) is 48.4 Å². The van der Waals surface area contributed by atoms with Crippen LogP contribution in [0.4, 0.5) is 4.39 Å². The lowest BCUT2D eigenvalue weighted by Crippen LogP contribution is -2.13. The average Bonchev–Trinajstić information content (AvgIpc) is 3.25. The van der Waals surface area contributed by atoms with E-state index in [0.717, 1.165) is 16.0 Å². The van der Waals surface area contributed by atoms with Gasteiger partial charge in [0.15, 0.2) is 12.2 Å². The summed E-state index contributed by atoms with van der Waals surface area (Å²) < 4.78 is 35.5. The van der Waals surface area contributed by atoms with E-state index in [-0.39, 0.29) is 18.3 Å². The van der Waals surface area contributed by atoms with Crippen LogP contribution in [0.25, 0.3) is 22.6 Å². The molecule has 0 aliphatic rings. The first-order valence-corrected chi connectivity index (χ1v) is 11.1. The molecule has 0 bridgehead atoms. The number of halogens is 1. The summed E-state index contributed by atoms with van der Waals surface area (Å²) in [4.78, 5) is 16.8. The number of ether oxygens (including phenoxy) is 3. The van der Waals surface area contributed by atoms with Crippen LogP contribution in [0, 0.1) is 12.7 Å². The molecular formula is C25H22FNO5S. The number of hydrogen-bond acceptors (Lipinski definition) is 7. The molecule has 0 spiro atoms. The van der Waals surface area contributed by atoms with Gasteiger partial charge in [0, 0.05) is 11.8 Å². The highest BCUT2D eigenvalue weighted by molar-refractivity contribution is 7.98. The standard InChI is InChI=1S/C25H22FNO5S/c1-15-10-23(22(29-2)12-21(15)31-13-24(28)30-3)33-14-16-8-9-20-19(11-16)27-25(32-20)17-6-4-5-7-18(17)26/h4-12H,13-14H2,1-3H3. The summed E-state index contributed by atoms with van der Waals surface area (Å²) >= 11 is 1.60. The van der Waals surface area contributed by atoms with Crippen LogP contribution in [-0.2, 0) is 15.3 Å². The Morgan fingerprint density at radius 3 is 2.67 bits per heavy atom. The molecule has 4 rings (SSSR count). The van der Waals surface area contributed by atoms with Crippen LogP contribution in [-0.4, -0.2) is 31.8 Å². The zero-order valence-electron chi connectivity index (χ0n) is 18.4. The van der Waals surface area contributed by atoms with Crippen molar-refractivity contribution in [2.75, 3.05) is 20.8 Å². The molecule has 0 saturated heterocycles. The van der Waals surface area contributed by atoms with Crippen LogP contribution in [0.2, 0.25) is 0 Å². The quantitative estimate of drug-likeness (QED) is 0.240. The fourth-order valence-electron chi connectivity index (χ4n) is 3.24. The lowest BCUT2D eigenvalue weighted by molar-refractivity contribution is -0.142. The number of fused-ring (bicyclic) bond motifs is 1. The number of carbonyl (C=O) groups excluding carboxylic acids is 1. The zero-order valence-corrected chi connectivity index (χ0v) is 19.2. The summed E-state index contributed by atoms with van der Waals surface area (Å²) in [6.45, 7) is 1.74. The van der Waals surface area contributed by atoms with Gasteiger partial charge in [-0.1, -0.05) is 18.2 Å². The minimum absolute atomic E-state index is 0.167. The highest BCUT2D eigenvalue weighted by atomic mass is 32.2. The first-order valence-electron chi connectivity index (χ1n) is 10.1. The molecule has 170 valence electrons. The molecule has 1 heterocycles. The molecule has 1 aromatic heterocycles. The van der Waals surface area contributed by atoms with Gasteiger partial charge in [0.2, 0.25) is 5.89 Å². The molecule has 3 aromatic carbocycles. The van der Waals surface area contributed by atoms with Crippen molar-refractivity contribution in [2.45, 2.75) is 17.6 Å². The first kappa shape index (κ1) is 22.7. The van der Waals surface area contributed by atoms with Crippen molar-refractivity contribution in [1.82, 2.24) is 4.98 Å². The van der Waals surface area contributed by atoms with Crippen LogP contribution in [0.3, 0.4) is 0 Å². The Bertz CT molecular complexity index is 1300. The molecule has 0 fully saturated rings. The number of benzene rings is 3. The highest BCUT2D eigenvalue weighted by Crippen LogP contribution is 2.37. The second-order valence-corrected chi connectivity index (χ2v) is 8.24. The Kier molecular flexibility index (Phi) is 6.84. The summed E-state index contributed by atoms with van der Waals surface area (Å²) in [6, 6.07) is 15.9. The van der Waals surface area contributed by atoms with Gasteiger partial charge in [-0.2, -0.15) is 0 Å². The van der Waals surface area contributed by atoms with Gasteiger partial charge in [-0.15, -0.1) is 11.8 Å². The Hall–Kier alpha value is -3.52. The summed E-state index contributed by atoms with van der Waals surface area (Å²) in [7, 11) is 2.90. The Morgan fingerprint density at radius 2 is 1.91 bits per heavy atom. The van der Waals surface area contributed by atoms with Gasteiger partial charge >= 0.3 is 5.97 Å². The van der Waals surface area contributed by atoms with Gasteiger partial charge in [0.25, 0.3) is 0 Å². The van der Waals surface area contributed by atoms with E-state index in [1.54, 1.807) is 43.1 Å². The maximum atomic E-state index is 14.1. The minimum Gasteiger partial charge on any atom is -0.495 e. The molecule has 0 aliphatic heterocycles. The first-order chi connectivity index (χ1) is 16.0. The van der Waals surface area contributed by atoms with Gasteiger partial charge < -0.3 is 18.6 Å². The van der Waals surface area contributed by atoms with Crippen molar-refractivity contribution in [3.63, 3.8) is 0 Å². The van der Waals surface area contributed by atoms with E-state index in [0.29, 0.717) is 33.9 Å². The van der Waals surface area contributed by atoms with E-state index in [1.165, 1.54) is 13.2 Å². The maximum absolute atomic E-state index is 14.1. The number of aromatic nitrogens is 1. The van der Waals surface area contributed by atoms with E-state index in [2.05, 4.69) is 9.72 Å². The van der Waals surface area contributed by atoms with Crippen LogP contribution >= 0.6 is 11.8 Å². The van der Waals surface area contributed by atoms with E-state index in [1.807, 2.05) is 31.2 Å². The monoisotopic (exact) mass is 467 g/mol. The zero-order chi connectivity index (χ0) is 23.4. The van der Waals surface area contributed by atoms with Crippen LogP contribution in [0.5, 0.6) is 11.5 Å². The lowest BCUT2D eigenvalue weighted by Gasteiger charge is -2.14. The van der Waals surface area contributed by atoms with Crippen molar-refractivity contribution in [2.24, 2.45) is 0 Å². The number of esters is 1. The number of methoxy groups -OCH3 is 2. The highest BCUT2D eigenvalue weighted by Gasteiger charge is 2.14. The predicted molar refractivity (Wildman–Crippen MR) is 124 cm³/mol. The van der Waals surface area contributed by atoms with E-state index in [4.69, 9.17) is 13.9 Å². The van der Waals surface area contributed by atoms with Gasteiger partial charge in [0.05, 0.1) is 24.7 Å². The number of oxazole rings is 1. The second kappa shape index (κ2) is 9.95. The third-order valence-corrected chi connectivity index (χ3v) is 6.09. The Balaban J connectivity index is 1.51. The third kappa shape index (κ3) is 5.12. The number of thioether (sulfide) groups is 1. The molecule has 0 atom stereocenters. The second-order valence-electron chi connectivity index (χ2n) is 7.22. The molecule has 0 aliphatic carbocycles. The molecule has 0 N–H and O–H groups in total. The molecule has 33 heavy (non-hydrogen) atoms. The summed E-state index contributed by atoms with van der Waals surface area (Å²) in [5.74, 6) is 1.30. The van der Waals surface area contributed by atoms with Crippen molar-refractivity contribution in [3.8, 4) is 23.0 Å². The summed E-state index contributed by atoms with van der Waals surface area (Å²) in [5, 5.41) is 0. The number of hydrogen-bond donors (Lipinski definition) is 0. The lowest BCUT2D eigenvalue weighted by atomic mass is 10.2.